The van der Waals surface area contributed by atoms with E-state index in [1.807, 2.05) is 0 Å². The lowest BCUT2D eigenvalue weighted by molar-refractivity contribution is 0.0601. The summed E-state index contributed by atoms with van der Waals surface area (Å²) in [5.41, 5.74) is 7.77. The number of thioether (sulfide) groups is 1. The number of anilines is 2. The Hall–Kier alpha value is -1.36. The maximum Gasteiger partial charge on any atom is 0.337 e. The summed E-state index contributed by atoms with van der Waals surface area (Å²) in [5.74, 6) is -0.359. The number of rotatable bonds is 5. The van der Waals surface area contributed by atoms with Gasteiger partial charge in [0.15, 0.2) is 0 Å². The molecule has 0 aliphatic heterocycles. The number of hydrogen-bond acceptors (Lipinski definition) is 5. The van der Waals surface area contributed by atoms with E-state index in [-0.39, 0.29) is 10.7 Å². The Bertz CT molecular complexity index is 433. The summed E-state index contributed by atoms with van der Waals surface area (Å²) >= 11 is 1.77. The van der Waals surface area contributed by atoms with Crippen molar-refractivity contribution < 1.29 is 9.53 Å². The van der Waals surface area contributed by atoms with E-state index in [1.165, 1.54) is 7.11 Å². The van der Waals surface area contributed by atoms with E-state index < -0.39 is 0 Å². The molecule has 0 aliphatic carbocycles. The fraction of sp³-hybridized carbons (Fsp3) is 0.462. The Morgan fingerprint density at radius 3 is 2.72 bits per heavy atom. The van der Waals surface area contributed by atoms with Crippen molar-refractivity contribution in [2.45, 2.75) is 18.6 Å². The Labute approximate surface area is 112 Å². The van der Waals surface area contributed by atoms with Gasteiger partial charge in [0.1, 0.15) is 0 Å². The molecule has 0 atom stereocenters. The SMILES string of the molecule is COC(=O)c1ccc(N)c(NCC(C)(C)SC)c1. The molecule has 1 aromatic rings. The molecule has 0 amide bonds. The number of nitrogens with one attached hydrogen (secondary N) is 1. The molecule has 0 saturated heterocycles. The molecule has 0 heterocycles. The smallest absolute Gasteiger partial charge is 0.337 e. The third kappa shape index (κ3) is 3.84. The van der Waals surface area contributed by atoms with E-state index in [0.717, 1.165) is 12.2 Å². The lowest BCUT2D eigenvalue weighted by Gasteiger charge is -2.23. The molecule has 1 rings (SSSR count). The molecular formula is C13H20N2O2S. The molecule has 0 radical (unpaired) electrons. The summed E-state index contributed by atoms with van der Waals surface area (Å²) in [6.45, 7) is 5.05. The Balaban J connectivity index is 2.85. The summed E-state index contributed by atoms with van der Waals surface area (Å²) in [4.78, 5) is 11.4. The molecule has 5 heteroatoms. The van der Waals surface area contributed by atoms with Gasteiger partial charge in [0, 0.05) is 11.3 Å². The minimum Gasteiger partial charge on any atom is -0.465 e. The van der Waals surface area contributed by atoms with Crippen molar-refractivity contribution in [2.24, 2.45) is 0 Å². The zero-order valence-corrected chi connectivity index (χ0v) is 12.1. The molecule has 4 nitrogen and oxygen atoms in total. The molecule has 3 N–H and O–H groups in total. The molecule has 0 fully saturated rings. The first-order valence-electron chi connectivity index (χ1n) is 5.66. The van der Waals surface area contributed by atoms with Gasteiger partial charge in [-0.25, -0.2) is 4.79 Å². The Morgan fingerprint density at radius 1 is 1.50 bits per heavy atom. The topological polar surface area (TPSA) is 64.3 Å². The molecule has 0 aliphatic rings. The van der Waals surface area contributed by atoms with Crippen molar-refractivity contribution in [2.75, 3.05) is 31.0 Å². The normalized spacial score (nSPS) is 11.1. The van der Waals surface area contributed by atoms with Crippen LogP contribution in [0.1, 0.15) is 24.2 Å². The van der Waals surface area contributed by atoms with Gasteiger partial charge in [0.2, 0.25) is 0 Å². The quantitative estimate of drug-likeness (QED) is 0.635. The third-order valence-corrected chi connectivity index (χ3v) is 3.98. The van der Waals surface area contributed by atoms with Gasteiger partial charge in [-0.1, -0.05) is 0 Å². The standard InChI is InChI=1S/C13H20N2O2S/c1-13(2,18-4)8-15-11-7-9(12(16)17-3)5-6-10(11)14/h5-7,15H,8,14H2,1-4H3. The second-order valence-corrected chi connectivity index (χ2v) is 6.12. The zero-order valence-electron chi connectivity index (χ0n) is 11.2. The highest BCUT2D eigenvalue weighted by Crippen LogP contribution is 2.25. The highest BCUT2D eigenvalue weighted by molar-refractivity contribution is 7.99. The molecule has 0 bridgehead atoms. The van der Waals surface area contributed by atoms with E-state index in [4.69, 9.17) is 5.73 Å². The van der Waals surface area contributed by atoms with Crippen LogP contribution in [-0.4, -0.2) is 30.6 Å². The largest absolute Gasteiger partial charge is 0.465 e. The predicted octanol–water partition coefficient (Wildman–Crippen LogP) is 2.61. The highest BCUT2D eigenvalue weighted by atomic mass is 32.2. The fourth-order valence-corrected chi connectivity index (χ4v) is 1.55. The van der Waals surface area contributed by atoms with Crippen LogP contribution in [-0.2, 0) is 4.74 Å². The first-order valence-corrected chi connectivity index (χ1v) is 6.89. The first kappa shape index (κ1) is 14.7. The average molecular weight is 268 g/mol. The number of hydrogen-bond donors (Lipinski definition) is 2. The van der Waals surface area contributed by atoms with Gasteiger partial charge < -0.3 is 15.8 Å². The summed E-state index contributed by atoms with van der Waals surface area (Å²) in [6.07, 6.45) is 2.07. The van der Waals surface area contributed by atoms with Gasteiger partial charge in [-0.15, -0.1) is 0 Å². The molecule has 0 unspecified atom stereocenters. The maximum absolute atomic E-state index is 11.4. The van der Waals surface area contributed by atoms with Gasteiger partial charge in [-0.2, -0.15) is 11.8 Å². The van der Waals surface area contributed by atoms with E-state index in [0.29, 0.717) is 11.3 Å². The van der Waals surface area contributed by atoms with E-state index >= 15 is 0 Å². The first-order chi connectivity index (χ1) is 8.39. The van der Waals surface area contributed by atoms with Crippen LogP contribution in [0.2, 0.25) is 0 Å². The predicted molar refractivity (Wildman–Crippen MR) is 78.3 cm³/mol. The Kier molecular flexibility index (Phi) is 4.90. The number of carbonyl (C=O) groups is 1. The summed E-state index contributed by atoms with van der Waals surface area (Å²) in [6, 6.07) is 5.09. The lowest BCUT2D eigenvalue weighted by Crippen LogP contribution is -2.26. The van der Waals surface area contributed by atoms with Crippen LogP contribution in [0, 0.1) is 0 Å². The van der Waals surface area contributed by atoms with Crippen molar-refractivity contribution in [1.29, 1.82) is 0 Å². The van der Waals surface area contributed by atoms with E-state index in [9.17, 15) is 4.79 Å². The van der Waals surface area contributed by atoms with Crippen molar-refractivity contribution in [1.82, 2.24) is 0 Å². The summed E-state index contributed by atoms with van der Waals surface area (Å²) in [7, 11) is 1.36. The highest BCUT2D eigenvalue weighted by Gasteiger charge is 2.16. The number of benzene rings is 1. The van der Waals surface area contributed by atoms with Gasteiger partial charge >= 0.3 is 5.97 Å². The van der Waals surface area contributed by atoms with Crippen LogP contribution in [0.4, 0.5) is 11.4 Å². The molecule has 0 spiro atoms. The molecule has 18 heavy (non-hydrogen) atoms. The number of carbonyl (C=O) groups excluding carboxylic acids is 1. The van der Waals surface area contributed by atoms with Crippen molar-refractivity contribution in [3.8, 4) is 0 Å². The molecular weight excluding hydrogens is 248 g/mol. The lowest BCUT2D eigenvalue weighted by atomic mass is 10.1. The molecule has 100 valence electrons. The monoisotopic (exact) mass is 268 g/mol. The van der Waals surface area contributed by atoms with Gasteiger partial charge in [0.05, 0.1) is 24.0 Å². The van der Waals surface area contributed by atoms with Gasteiger partial charge in [0.25, 0.3) is 0 Å². The number of nitrogen functional groups attached to an aromatic ring is 1. The minimum absolute atomic E-state index is 0.105. The third-order valence-electron chi connectivity index (χ3n) is 2.73. The van der Waals surface area contributed by atoms with Crippen LogP contribution in [0.5, 0.6) is 0 Å². The van der Waals surface area contributed by atoms with Crippen LogP contribution in [0.15, 0.2) is 18.2 Å². The molecule has 0 aromatic heterocycles. The minimum atomic E-state index is -0.359. The molecule has 0 saturated carbocycles. The Morgan fingerprint density at radius 2 is 2.17 bits per heavy atom. The van der Waals surface area contributed by atoms with Crippen molar-refractivity contribution in [3.63, 3.8) is 0 Å². The number of nitrogens with two attached hydrogens (primary N) is 1. The summed E-state index contributed by atoms with van der Waals surface area (Å²) in [5, 5.41) is 3.27. The van der Waals surface area contributed by atoms with Crippen molar-refractivity contribution >= 4 is 29.1 Å². The zero-order chi connectivity index (χ0) is 13.8. The second-order valence-electron chi connectivity index (χ2n) is 4.61. The van der Waals surface area contributed by atoms with Crippen LogP contribution < -0.4 is 11.1 Å². The van der Waals surface area contributed by atoms with Gasteiger partial charge in [-0.05, 0) is 38.3 Å². The number of methoxy groups -OCH3 is 1. The maximum atomic E-state index is 11.4. The molecule has 1 aromatic carbocycles. The number of esters is 1. The number of ether oxygens (including phenoxy) is 1. The van der Waals surface area contributed by atoms with Gasteiger partial charge in [-0.3, -0.25) is 0 Å². The second kappa shape index (κ2) is 6.00. The van der Waals surface area contributed by atoms with E-state index in [1.54, 1.807) is 30.0 Å². The van der Waals surface area contributed by atoms with Crippen LogP contribution in [0.3, 0.4) is 0 Å². The fourth-order valence-electron chi connectivity index (χ4n) is 1.33. The van der Waals surface area contributed by atoms with Crippen molar-refractivity contribution in [3.05, 3.63) is 23.8 Å². The van der Waals surface area contributed by atoms with Crippen LogP contribution >= 0.6 is 11.8 Å². The summed E-state index contributed by atoms with van der Waals surface area (Å²) < 4.78 is 4.79. The van der Waals surface area contributed by atoms with Crippen LogP contribution in [0.25, 0.3) is 0 Å². The average Bonchev–Trinajstić information content (AvgIpc) is 2.37. The van der Waals surface area contributed by atoms with E-state index in [2.05, 4.69) is 30.2 Å².